The van der Waals surface area contributed by atoms with E-state index < -0.39 is 0 Å². The van der Waals surface area contributed by atoms with E-state index in [1.807, 2.05) is 16.6 Å². The van der Waals surface area contributed by atoms with Gasteiger partial charge in [-0.3, -0.25) is 4.90 Å². The number of hydrogen-bond donors (Lipinski definition) is 0. The van der Waals surface area contributed by atoms with Gasteiger partial charge in [-0.25, -0.2) is 4.98 Å². The molecule has 0 saturated carbocycles. The summed E-state index contributed by atoms with van der Waals surface area (Å²) in [5.74, 6) is 3.18. The Kier molecular flexibility index (Phi) is 4.27. The number of aromatic nitrogens is 6. The first-order chi connectivity index (χ1) is 13.3. The smallest absolute Gasteiger partial charge is 0.231 e. The van der Waals surface area contributed by atoms with Crippen LogP contribution in [0.15, 0.2) is 18.3 Å². The highest BCUT2D eigenvalue weighted by Crippen LogP contribution is 2.28. The summed E-state index contributed by atoms with van der Waals surface area (Å²) >= 11 is 0. The van der Waals surface area contributed by atoms with Crippen LogP contribution in [0.5, 0.6) is 5.88 Å². The molecule has 0 aromatic carbocycles. The van der Waals surface area contributed by atoms with Crippen molar-refractivity contribution in [1.82, 2.24) is 34.3 Å². The van der Waals surface area contributed by atoms with Gasteiger partial charge in [0.15, 0.2) is 11.5 Å². The SMILES string of the molecule is COc1ccc2nnc(C3CCN(Cc4cn5c(n4)CCCC5)CC3)n2n1. The summed E-state index contributed by atoms with van der Waals surface area (Å²) in [5, 5.41) is 13.2. The van der Waals surface area contributed by atoms with Gasteiger partial charge >= 0.3 is 0 Å². The van der Waals surface area contributed by atoms with Gasteiger partial charge in [0.2, 0.25) is 5.88 Å². The number of likely N-dealkylation sites (tertiary alicyclic amines) is 1. The Hall–Kier alpha value is -2.48. The Morgan fingerprint density at radius 3 is 2.81 bits per heavy atom. The van der Waals surface area contributed by atoms with Crippen LogP contribution in [-0.4, -0.2) is 54.5 Å². The minimum Gasteiger partial charge on any atom is -0.480 e. The quantitative estimate of drug-likeness (QED) is 0.703. The molecule has 5 heterocycles. The van der Waals surface area contributed by atoms with E-state index in [-0.39, 0.29) is 0 Å². The number of fused-ring (bicyclic) bond motifs is 2. The van der Waals surface area contributed by atoms with Crippen molar-refractivity contribution in [1.29, 1.82) is 0 Å². The topological polar surface area (TPSA) is 73.4 Å². The molecule has 27 heavy (non-hydrogen) atoms. The summed E-state index contributed by atoms with van der Waals surface area (Å²) < 4.78 is 9.42. The molecular weight excluding hydrogens is 342 g/mol. The fourth-order valence-electron chi connectivity index (χ4n) is 4.28. The maximum absolute atomic E-state index is 5.25. The Labute approximate surface area is 158 Å². The van der Waals surface area contributed by atoms with Crippen LogP contribution in [-0.2, 0) is 19.5 Å². The first-order valence-corrected chi connectivity index (χ1v) is 9.84. The van der Waals surface area contributed by atoms with Gasteiger partial charge in [0.05, 0.1) is 12.8 Å². The molecule has 3 aromatic heterocycles. The third kappa shape index (κ3) is 3.18. The number of aryl methyl sites for hydroxylation is 2. The summed E-state index contributed by atoms with van der Waals surface area (Å²) in [6.07, 6.45) is 8.05. The lowest BCUT2D eigenvalue weighted by atomic mass is 9.96. The van der Waals surface area contributed by atoms with Crippen molar-refractivity contribution < 1.29 is 4.74 Å². The van der Waals surface area contributed by atoms with Crippen LogP contribution in [0.2, 0.25) is 0 Å². The highest BCUT2D eigenvalue weighted by molar-refractivity contribution is 5.38. The van der Waals surface area contributed by atoms with Gasteiger partial charge in [-0.05, 0) is 44.8 Å². The molecule has 3 aromatic rings. The number of hydrogen-bond acceptors (Lipinski definition) is 6. The Balaban J connectivity index is 1.26. The van der Waals surface area contributed by atoms with Crippen LogP contribution in [0.1, 0.15) is 48.9 Å². The Bertz CT molecular complexity index is 915. The molecule has 0 amide bonds. The van der Waals surface area contributed by atoms with Gasteiger partial charge < -0.3 is 9.30 Å². The average Bonchev–Trinajstić information content (AvgIpc) is 3.31. The van der Waals surface area contributed by atoms with Crippen LogP contribution in [0.4, 0.5) is 0 Å². The fourth-order valence-corrected chi connectivity index (χ4v) is 4.28. The van der Waals surface area contributed by atoms with Crippen LogP contribution in [0.25, 0.3) is 5.65 Å². The van der Waals surface area contributed by atoms with Gasteiger partial charge in [0, 0.05) is 37.7 Å². The second-order valence-corrected chi connectivity index (χ2v) is 7.55. The molecule has 0 aliphatic carbocycles. The molecule has 8 nitrogen and oxygen atoms in total. The first-order valence-electron chi connectivity index (χ1n) is 9.84. The van der Waals surface area contributed by atoms with E-state index in [2.05, 4.69) is 31.0 Å². The minimum absolute atomic E-state index is 0.381. The lowest BCUT2D eigenvalue weighted by molar-refractivity contribution is 0.199. The lowest BCUT2D eigenvalue weighted by Gasteiger charge is -2.30. The molecule has 0 bridgehead atoms. The van der Waals surface area contributed by atoms with Gasteiger partial charge in [-0.2, -0.15) is 4.52 Å². The zero-order valence-corrected chi connectivity index (χ0v) is 15.7. The molecule has 0 atom stereocenters. The maximum Gasteiger partial charge on any atom is 0.231 e. The van der Waals surface area contributed by atoms with E-state index in [1.165, 1.54) is 24.4 Å². The lowest BCUT2D eigenvalue weighted by Crippen LogP contribution is -2.33. The normalized spacial score (nSPS) is 18.7. The van der Waals surface area contributed by atoms with Crippen molar-refractivity contribution >= 4 is 5.65 Å². The standard InChI is InChI=1S/C19H25N7O/c1-27-18-6-5-17-21-22-19(26(17)23-18)14-7-10-24(11-8-14)12-15-13-25-9-3-2-4-16(25)20-15/h5-6,13-14H,2-4,7-12H2,1H3. The number of nitrogens with zero attached hydrogens (tertiary/aromatic N) is 7. The van der Waals surface area contributed by atoms with Crippen LogP contribution in [0.3, 0.4) is 0 Å². The third-order valence-electron chi connectivity index (χ3n) is 5.77. The molecule has 0 spiro atoms. The maximum atomic E-state index is 5.25. The van der Waals surface area contributed by atoms with E-state index >= 15 is 0 Å². The summed E-state index contributed by atoms with van der Waals surface area (Å²) in [4.78, 5) is 7.35. The third-order valence-corrected chi connectivity index (χ3v) is 5.77. The first kappa shape index (κ1) is 16.7. The van der Waals surface area contributed by atoms with E-state index in [1.54, 1.807) is 7.11 Å². The van der Waals surface area contributed by atoms with Crippen molar-refractivity contribution in [3.63, 3.8) is 0 Å². The molecule has 1 saturated heterocycles. The van der Waals surface area contributed by atoms with Gasteiger partial charge in [0.25, 0.3) is 0 Å². The van der Waals surface area contributed by atoms with E-state index in [4.69, 9.17) is 9.72 Å². The number of imidazole rings is 1. The molecule has 0 N–H and O–H groups in total. The van der Waals surface area contributed by atoms with E-state index in [0.29, 0.717) is 11.8 Å². The zero-order chi connectivity index (χ0) is 18.2. The molecule has 1 fully saturated rings. The number of ether oxygens (including phenoxy) is 1. The molecule has 5 rings (SSSR count). The summed E-state index contributed by atoms with van der Waals surface area (Å²) in [7, 11) is 1.63. The second-order valence-electron chi connectivity index (χ2n) is 7.55. The van der Waals surface area contributed by atoms with Crippen LogP contribution >= 0.6 is 0 Å². The average molecular weight is 367 g/mol. The van der Waals surface area contributed by atoms with Gasteiger partial charge in [-0.1, -0.05) is 0 Å². The number of rotatable bonds is 4. The van der Waals surface area contributed by atoms with Gasteiger partial charge in [-0.15, -0.1) is 15.3 Å². The molecule has 2 aliphatic rings. The fraction of sp³-hybridized carbons (Fsp3) is 0.579. The zero-order valence-electron chi connectivity index (χ0n) is 15.7. The molecule has 142 valence electrons. The number of piperidine rings is 1. The Morgan fingerprint density at radius 2 is 2.00 bits per heavy atom. The van der Waals surface area contributed by atoms with E-state index in [9.17, 15) is 0 Å². The summed E-state index contributed by atoms with van der Waals surface area (Å²) in [5.41, 5.74) is 1.99. The second kappa shape index (κ2) is 6.92. The van der Waals surface area contributed by atoms with E-state index in [0.717, 1.165) is 56.9 Å². The predicted octanol–water partition coefficient (Wildman–Crippen LogP) is 2.05. The monoisotopic (exact) mass is 367 g/mol. The number of methoxy groups -OCH3 is 1. The molecular formula is C19H25N7O. The van der Waals surface area contributed by atoms with Crippen LogP contribution < -0.4 is 4.74 Å². The van der Waals surface area contributed by atoms with Crippen molar-refractivity contribution in [3.05, 3.63) is 35.7 Å². The molecule has 2 aliphatic heterocycles. The highest BCUT2D eigenvalue weighted by atomic mass is 16.5. The predicted molar refractivity (Wildman–Crippen MR) is 99.8 cm³/mol. The summed E-state index contributed by atoms with van der Waals surface area (Å²) in [6.45, 7) is 4.16. The highest BCUT2D eigenvalue weighted by Gasteiger charge is 2.26. The van der Waals surface area contributed by atoms with Crippen molar-refractivity contribution in [2.45, 2.75) is 51.1 Å². The van der Waals surface area contributed by atoms with Crippen molar-refractivity contribution in [3.8, 4) is 5.88 Å². The molecule has 0 radical (unpaired) electrons. The molecule has 0 unspecified atom stereocenters. The largest absolute Gasteiger partial charge is 0.480 e. The van der Waals surface area contributed by atoms with Crippen LogP contribution in [0, 0.1) is 0 Å². The van der Waals surface area contributed by atoms with Crippen molar-refractivity contribution in [2.75, 3.05) is 20.2 Å². The molecule has 8 heteroatoms. The summed E-state index contributed by atoms with van der Waals surface area (Å²) in [6, 6.07) is 3.72. The van der Waals surface area contributed by atoms with Crippen molar-refractivity contribution in [2.24, 2.45) is 0 Å². The Morgan fingerprint density at radius 1 is 1.11 bits per heavy atom. The van der Waals surface area contributed by atoms with Gasteiger partial charge in [0.1, 0.15) is 5.82 Å². The minimum atomic E-state index is 0.381.